The molecule has 10 heteroatoms. The molecular weight excluding hydrogens is 550 g/mol. The van der Waals surface area contributed by atoms with Crippen LogP contribution in [0.5, 0.6) is 11.5 Å². The highest BCUT2D eigenvalue weighted by atomic mass is 32.1. The summed E-state index contributed by atoms with van der Waals surface area (Å²) in [5, 5.41) is 2.87. The topological polar surface area (TPSA) is 86.8 Å². The summed E-state index contributed by atoms with van der Waals surface area (Å²) in [7, 11) is 0. The number of nitrogens with zero attached hydrogens (tertiary/aromatic N) is 1. The molecule has 0 spiro atoms. The van der Waals surface area contributed by atoms with Crippen LogP contribution in [-0.4, -0.2) is 42.7 Å². The SMILES string of the molecule is CCOC(CCNC(=O)c1cc2nccc(Oc3ccc(CC(=O)Cc4cc(C)ccc4F)c(F)c3)c2s1)OCC. The number of halogens is 2. The van der Waals surface area contributed by atoms with Crippen molar-refractivity contribution >= 4 is 33.2 Å². The van der Waals surface area contributed by atoms with Crippen molar-refractivity contribution in [3.63, 3.8) is 0 Å². The molecule has 7 nitrogen and oxygen atoms in total. The van der Waals surface area contributed by atoms with Crippen LogP contribution in [0.1, 0.15) is 46.6 Å². The van der Waals surface area contributed by atoms with Crippen molar-refractivity contribution in [3.05, 3.63) is 87.9 Å². The molecule has 2 aromatic carbocycles. The van der Waals surface area contributed by atoms with Gasteiger partial charge in [0.2, 0.25) is 0 Å². The zero-order valence-corrected chi connectivity index (χ0v) is 24.0. The third kappa shape index (κ3) is 8.16. The first-order chi connectivity index (χ1) is 19.8. The quantitative estimate of drug-likeness (QED) is 0.170. The number of benzene rings is 2. The van der Waals surface area contributed by atoms with E-state index in [1.165, 1.54) is 29.5 Å². The summed E-state index contributed by atoms with van der Waals surface area (Å²) >= 11 is 1.22. The van der Waals surface area contributed by atoms with E-state index in [1.807, 2.05) is 20.8 Å². The van der Waals surface area contributed by atoms with Gasteiger partial charge in [-0.1, -0.05) is 23.8 Å². The highest BCUT2D eigenvalue weighted by Gasteiger charge is 2.17. The van der Waals surface area contributed by atoms with Crippen LogP contribution in [0.4, 0.5) is 8.78 Å². The maximum Gasteiger partial charge on any atom is 0.261 e. The van der Waals surface area contributed by atoms with Gasteiger partial charge in [0.1, 0.15) is 28.9 Å². The van der Waals surface area contributed by atoms with E-state index in [2.05, 4.69) is 10.3 Å². The van der Waals surface area contributed by atoms with Crippen molar-refractivity contribution in [1.82, 2.24) is 10.3 Å². The van der Waals surface area contributed by atoms with Crippen LogP contribution in [0.25, 0.3) is 10.2 Å². The predicted molar refractivity (Wildman–Crippen MR) is 154 cm³/mol. The van der Waals surface area contributed by atoms with E-state index >= 15 is 0 Å². The van der Waals surface area contributed by atoms with E-state index in [-0.39, 0.29) is 42.1 Å². The van der Waals surface area contributed by atoms with Crippen molar-refractivity contribution in [2.24, 2.45) is 0 Å². The molecule has 2 heterocycles. The van der Waals surface area contributed by atoms with E-state index in [0.29, 0.717) is 52.6 Å². The second-order valence-corrected chi connectivity index (χ2v) is 10.4. The van der Waals surface area contributed by atoms with Gasteiger partial charge < -0.3 is 19.5 Å². The molecule has 1 amide bonds. The fourth-order valence-corrected chi connectivity index (χ4v) is 5.25. The Kier molecular flexibility index (Phi) is 10.5. The molecule has 0 saturated heterocycles. The number of carbonyl (C=O) groups excluding carboxylic acids is 2. The Hall–Kier alpha value is -3.73. The number of thiophene rings is 1. The minimum atomic E-state index is -0.602. The smallest absolute Gasteiger partial charge is 0.261 e. The normalized spacial score (nSPS) is 11.3. The van der Waals surface area contributed by atoms with E-state index in [0.717, 1.165) is 5.56 Å². The molecule has 0 bridgehead atoms. The highest BCUT2D eigenvalue weighted by Crippen LogP contribution is 2.35. The van der Waals surface area contributed by atoms with Crippen LogP contribution in [0.2, 0.25) is 0 Å². The number of nitrogens with one attached hydrogen (secondary N) is 1. The maximum absolute atomic E-state index is 14.9. The summed E-state index contributed by atoms with van der Waals surface area (Å²) < 4.78 is 46.5. The summed E-state index contributed by atoms with van der Waals surface area (Å²) in [6.07, 6.45) is 1.40. The number of ether oxygens (including phenoxy) is 3. The number of hydrogen-bond donors (Lipinski definition) is 1. The summed E-state index contributed by atoms with van der Waals surface area (Å²) in [4.78, 5) is 30.1. The molecule has 4 rings (SSSR count). The number of aryl methyl sites for hydroxylation is 1. The fraction of sp³-hybridized carbons (Fsp3) is 0.323. The first-order valence-corrected chi connectivity index (χ1v) is 14.2. The number of pyridine rings is 1. The lowest BCUT2D eigenvalue weighted by Gasteiger charge is -2.16. The van der Waals surface area contributed by atoms with E-state index in [4.69, 9.17) is 14.2 Å². The number of rotatable bonds is 14. The Morgan fingerprint density at radius 2 is 1.71 bits per heavy atom. The number of amides is 1. The van der Waals surface area contributed by atoms with Gasteiger partial charge in [-0.2, -0.15) is 0 Å². The summed E-state index contributed by atoms with van der Waals surface area (Å²) in [5.41, 5.74) is 1.91. The molecule has 0 aliphatic rings. The predicted octanol–water partition coefficient (Wildman–Crippen LogP) is 6.55. The lowest BCUT2D eigenvalue weighted by atomic mass is 10.0. The molecule has 0 radical (unpaired) electrons. The Balaban J connectivity index is 1.40. The van der Waals surface area contributed by atoms with Gasteiger partial charge in [-0.15, -0.1) is 11.3 Å². The number of carbonyl (C=O) groups is 2. The van der Waals surface area contributed by atoms with Crippen LogP contribution in [0.15, 0.2) is 54.7 Å². The summed E-state index contributed by atoms with van der Waals surface area (Å²) in [5.74, 6) is -0.958. The standard InChI is InChI=1S/C31H32F2N2O5S/c1-4-38-29(39-5-2)11-13-35-31(37)28-18-26-30(41-28)27(10-12-34-26)40-23-8-7-20(25(33)17-23)15-22(36)16-21-14-19(3)6-9-24(21)32/h6-10,12,14,17-18,29H,4-5,11,13,15-16H2,1-3H3,(H,35,37). The zero-order chi connectivity index (χ0) is 29.4. The molecule has 41 heavy (non-hydrogen) atoms. The molecule has 0 aliphatic heterocycles. The monoisotopic (exact) mass is 582 g/mol. The van der Waals surface area contributed by atoms with Gasteiger partial charge >= 0.3 is 0 Å². The van der Waals surface area contributed by atoms with Crippen LogP contribution in [0, 0.1) is 18.6 Å². The van der Waals surface area contributed by atoms with Gasteiger partial charge in [-0.05, 0) is 50.1 Å². The number of aromatic nitrogens is 1. The third-order valence-corrected chi connectivity index (χ3v) is 7.34. The molecular formula is C31H32F2N2O5S. The molecule has 216 valence electrons. The summed E-state index contributed by atoms with van der Waals surface area (Å²) in [6, 6.07) is 12.2. The molecule has 2 aromatic heterocycles. The van der Waals surface area contributed by atoms with Gasteiger partial charge in [0.15, 0.2) is 6.29 Å². The Labute approximate surface area is 241 Å². The number of fused-ring (bicyclic) bond motifs is 1. The molecule has 1 N–H and O–H groups in total. The van der Waals surface area contributed by atoms with Crippen molar-refractivity contribution in [2.45, 2.75) is 46.3 Å². The molecule has 0 fully saturated rings. The maximum atomic E-state index is 14.9. The van der Waals surface area contributed by atoms with Crippen molar-refractivity contribution in [3.8, 4) is 11.5 Å². The van der Waals surface area contributed by atoms with Gasteiger partial charge in [0, 0.05) is 57.4 Å². The van der Waals surface area contributed by atoms with Crippen LogP contribution in [0.3, 0.4) is 0 Å². The third-order valence-electron chi connectivity index (χ3n) is 6.20. The molecule has 4 aromatic rings. The lowest BCUT2D eigenvalue weighted by molar-refractivity contribution is -0.138. The second-order valence-electron chi connectivity index (χ2n) is 9.36. The van der Waals surface area contributed by atoms with Crippen molar-refractivity contribution in [1.29, 1.82) is 0 Å². The number of hydrogen-bond acceptors (Lipinski definition) is 7. The molecule has 0 saturated carbocycles. The van der Waals surface area contributed by atoms with Gasteiger partial charge in [-0.3, -0.25) is 14.6 Å². The van der Waals surface area contributed by atoms with Gasteiger partial charge in [-0.25, -0.2) is 8.78 Å². The van der Waals surface area contributed by atoms with E-state index < -0.39 is 11.6 Å². The van der Waals surface area contributed by atoms with Crippen molar-refractivity contribution < 1.29 is 32.6 Å². The first-order valence-electron chi connectivity index (χ1n) is 13.4. The van der Waals surface area contributed by atoms with Gasteiger partial charge in [0.05, 0.1) is 15.1 Å². The van der Waals surface area contributed by atoms with Crippen molar-refractivity contribution in [2.75, 3.05) is 19.8 Å². The summed E-state index contributed by atoms with van der Waals surface area (Å²) in [6.45, 7) is 7.00. The average molecular weight is 583 g/mol. The Bertz CT molecular complexity index is 1520. The van der Waals surface area contributed by atoms with Crippen LogP contribution < -0.4 is 10.1 Å². The van der Waals surface area contributed by atoms with E-state index in [1.54, 1.807) is 36.5 Å². The largest absolute Gasteiger partial charge is 0.456 e. The molecule has 0 unspecified atom stereocenters. The Morgan fingerprint density at radius 1 is 0.951 bits per heavy atom. The Morgan fingerprint density at radius 3 is 2.44 bits per heavy atom. The molecule has 0 aliphatic carbocycles. The molecule has 0 atom stereocenters. The minimum Gasteiger partial charge on any atom is -0.456 e. The number of ketones is 1. The first kappa shape index (κ1) is 30.2. The lowest BCUT2D eigenvalue weighted by Crippen LogP contribution is -2.28. The van der Waals surface area contributed by atoms with Gasteiger partial charge in [0.25, 0.3) is 5.91 Å². The zero-order valence-electron chi connectivity index (χ0n) is 23.2. The average Bonchev–Trinajstić information content (AvgIpc) is 3.38. The number of Topliss-reactive ketones (excluding diaryl/α,β-unsaturated/α-hetero) is 1. The second kappa shape index (κ2) is 14.2. The van der Waals surface area contributed by atoms with Crippen LogP contribution >= 0.6 is 11.3 Å². The minimum absolute atomic E-state index is 0.117. The highest BCUT2D eigenvalue weighted by molar-refractivity contribution is 7.21. The fourth-order valence-electron chi connectivity index (χ4n) is 4.27. The van der Waals surface area contributed by atoms with E-state index in [9.17, 15) is 18.4 Å². The van der Waals surface area contributed by atoms with Crippen LogP contribution in [-0.2, 0) is 27.1 Å².